The molecule has 204 valence electrons. The molecular weight excluding hydrogens is 658 g/mol. The molecule has 4 rings (SSSR count). The van der Waals surface area contributed by atoms with E-state index in [1.54, 1.807) is 0 Å². The third kappa shape index (κ3) is 8.13. The number of aromatic nitrogens is 1. The number of anilines is 1. The third-order valence-electron chi connectivity index (χ3n) is 6.04. The van der Waals surface area contributed by atoms with Crippen molar-refractivity contribution in [1.82, 2.24) is 0 Å². The van der Waals surface area contributed by atoms with Gasteiger partial charge >= 0.3 is 238 Å². The van der Waals surface area contributed by atoms with E-state index in [2.05, 4.69) is 52.8 Å². The Morgan fingerprint density at radius 3 is 2.32 bits per heavy atom. The number of benzene rings is 2. The molecule has 3 aromatic rings. The zero-order chi connectivity index (χ0) is 27.3. The van der Waals surface area contributed by atoms with Gasteiger partial charge in [0.1, 0.15) is 0 Å². The van der Waals surface area contributed by atoms with Gasteiger partial charge in [0, 0.05) is 0 Å². The van der Waals surface area contributed by atoms with Crippen LogP contribution in [0.25, 0.3) is 15.9 Å². The number of hydrogen-bond acceptors (Lipinski definition) is 5. The molecule has 2 aromatic carbocycles. The number of unbranched alkanes of at least 4 members (excludes halogenated alkanes) is 2. The molecule has 0 radical (unpaired) electrons. The Hall–Kier alpha value is -1.75. The molecule has 12 heteroatoms. The Morgan fingerprint density at radius 1 is 0.921 bits per heavy atom. The van der Waals surface area contributed by atoms with Crippen LogP contribution >= 0.6 is 0 Å². The van der Waals surface area contributed by atoms with E-state index < -0.39 is 20.2 Å². The third-order valence-corrected chi connectivity index (χ3v) is 12.3. The average molecular weight is 690 g/mol. The maximum absolute atomic E-state index is 11.1. The molecule has 38 heavy (non-hydrogen) atoms. The van der Waals surface area contributed by atoms with Crippen LogP contribution in [0.3, 0.4) is 0 Å². The molecule has 0 spiro atoms. The maximum atomic E-state index is 11.1. The van der Waals surface area contributed by atoms with Crippen LogP contribution < -0.4 is 13.9 Å². The molecule has 0 fully saturated rings. The quantitative estimate of drug-likeness (QED) is 0.130. The number of hydrogen-bond donors (Lipinski definition) is 2. The molecule has 1 aliphatic heterocycles. The number of aryl methyl sites for hydroxylation is 1. The number of rotatable bonds is 12. The van der Waals surface area contributed by atoms with E-state index in [1.807, 2.05) is 24.3 Å². The summed E-state index contributed by atoms with van der Waals surface area (Å²) >= 11 is 0.247. The fourth-order valence-corrected chi connectivity index (χ4v) is 10.5. The van der Waals surface area contributed by atoms with Crippen molar-refractivity contribution < 1.29 is 30.5 Å². The molecule has 2 N–H and O–H groups in total. The van der Waals surface area contributed by atoms with Gasteiger partial charge < -0.3 is 0 Å². The van der Waals surface area contributed by atoms with Gasteiger partial charge in [0.2, 0.25) is 0 Å². The second kappa shape index (κ2) is 12.6. The van der Waals surface area contributed by atoms with E-state index in [0.29, 0.717) is 38.8 Å². The molecule has 0 bridgehead atoms. The van der Waals surface area contributed by atoms with Crippen molar-refractivity contribution in [1.29, 1.82) is 0 Å². The van der Waals surface area contributed by atoms with Gasteiger partial charge in [-0.2, -0.15) is 0 Å². The fraction of sp³-hybridized carbons (Fsp3) is 0.346. The molecule has 8 nitrogen and oxygen atoms in total. The van der Waals surface area contributed by atoms with E-state index in [1.165, 1.54) is 17.9 Å². The predicted octanol–water partition coefficient (Wildman–Crippen LogP) is 2.61. The first-order valence-electron chi connectivity index (χ1n) is 12.3. The molecule has 1 aromatic heterocycles. The van der Waals surface area contributed by atoms with Crippen LogP contribution in [-0.2, 0) is 26.8 Å². The molecule has 0 amide bonds. The summed E-state index contributed by atoms with van der Waals surface area (Å²) < 4.78 is 69.9. The van der Waals surface area contributed by atoms with E-state index in [4.69, 9.17) is 9.11 Å². The van der Waals surface area contributed by atoms with Crippen molar-refractivity contribution >= 4 is 75.7 Å². The minimum absolute atomic E-state index is 0.124. The Morgan fingerprint density at radius 2 is 1.58 bits per heavy atom. The topological polar surface area (TPSA) is 116 Å². The predicted molar refractivity (Wildman–Crippen MR) is 153 cm³/mol. The summed E-state index contributed by atoms with van der Waals surface area (Å²) in [4.78, 5) is 2.27. The van der Waals surface area contributed by atoms with Crippen LogP contribution in [0.15, 0.2) is 64.8 Å². The summed E-state index contributed by atoms with van der Waals surface area (Å²) in [5.74, 6) is -0.459. The first-order valence-corrected chi connectivity index (χ1v) is 18.9. The van der Waals surface area contributed by atoms with E-state index in [9.17, 15) is 16.8 Å². The van der Waals surface area contributed by atoms with Gasteiger partial charge in [-0.3, -0.25) is 0 Å². The number of fused-ring (bicyclic) bond motifs is 2. The summed E-state index contributed by atoms with van der Waals surface area (Å²) in [6.45, 7) is 3.45. The molecular formula is C26H31N2O6S2Se2+. The van der Waals surface area contributed by atoms with Crippen LogP contribution in [0, 0.1) is 0 Å². The molecule has 0 unspecified atom stereocenters. The standard InChI is InChI=1S/C26H30N2O6S2Se2/c1-20(18-25-27(14-6-8-16-35(29,30)31)21-10-2-4-12-23(21)37-25)19-26-28(15-7-9-17-36(32,33)34)22-11-3-5-13-24(22)38-26/h2-5,10-13,18-19H,6-9,14-17H2,1H3,(H-,29,30,31,32,33,34)/p+1. The summed E-state index contributed by atoms with van der Waals surface area (Å²) in [5.41, 5.74) is 3.43. The number of allylic oxidation sites excluding steroid dienone is 2. The Balaban J connectivity index is 1.57. The average Bonchev–Trinajstić information content (AvgIpc) is 3.35. The molecule has 2 heterocycles. The first-order chi connectivity index (χ1) is 18.0. The zero-order valence-corrected chi connectivity index (χ0v) is 26.0. The Labute approximate surface area is 236 Å². The summed E-state index contributed by atoms with van der Waals surface area (Å²) in [5, 5.41) is 0. The number of para-hydroxylation sites is 2. The molecule has 0 saturated carbocycles. The second-order valence-electron chi connectivity index (χ2n) is 9.14. The van der Waals surface area contributed by atoms with Crippen LogP contribution in [0.5, 0.6) is 0 Å². The Bertz CT molecular complexity index is 1580. The Kier molecular flexibility index (Phi) is 9.71. The van der Waals surface area contributed by atoms with Gasteiger partial charge in [0.25, 0.3) is 0 Å². The second-order valence-corrected chi connectivity index (χ2v) is 16.7. The number of nitrogens with zero attached hydrogens (tertiary/aromatic N) is 2. The monoisotopic (exact) mass is 691 g/mol. The van der Waals surface area contributed by atoms with Crippen LogP contribution in [-0.4, -0.2) is 73.5 Å². The molecule has 0 saturated heterocycles. The van der Waals surface area contributed by atoms with Crippen molar-refractivity contribution in [2.75, 3.05) is 23.0 Å². The molecule has 0 atom stereocenters. The van der Waals surface area contributed by atoms with Gasteiger partial charge in [0.05, 0.1) is 0 Å². The van der Waals surface area contributed by atoms with Crippen LogP contribution in [0.2, 0.25) is 0 Å². The summed E-state index contributed by atoms with van der Waals surface area (Å²) in [7, 11) is -7.91. The fourth-order valence-electron chi connectivity index (χ4n) is 4.32. The molecule has 0 aliphatic carbocycles. The van der Waals surface area contributed by atoms with Crippen LogP contribution in [0.1, 0.15) is 37.2 Å². The van der Waals surface area contributed by atoms with E-state index in [-0.39, 0.29) is 41.0 Å². The van der Waals surface area contributed by atoms with Gasteiger partial charge in [-0.25, -0.2) is 0 Å². The zero-order valence-electron chi connectivity index (χ0n) is 21.0. The first kappa shape index (κ1) is 29.2. The van der Waals surface area contributed by atoms with Gasteiger partial charge in [-0.1, -0.05) is 0 Å². The summed E-state index contributed by atoms with van der Waals surface area (Å²) in [6, 6.07) is 16.6. The van der Waals surface area contributed by atoms with Crippen molar-refractivity contribution in [3.05, 3.63) is 69.3 Å². The van der Waals surface area contributed by atoms with Crippen molar-refractivity contribution in [2.24, 2.45) is 0 Å². The van der Waals surface area contributed by atoms with Gasteiger partial charge in [-0.05, 0) is 0 Å². The van der Waals surface area contributed by atoms with E-state index in [0.717, 1.165) is 16.8 Å². The van der Waals surface area contributed by atoms with Gasteiger partial charge in [0.15, 0.2) is 0 Å². The van der Waals surface area contributed by atoms with E-state index >= 15 is 0 Å². The van der Waals surface area contributed by atoms with Crippen molar-refractivity contribution in [3.8, 4) is 0 Å². The van der Waals surface area contributed by atoms with Crippen molar-refractivity contribution in [3.63, 3.8) is 0 Å². The normalized spacial score (nSPS) is 15.5. The molecule has 1 aliphatic rings. The SMILES string of the molecule is CC(=Cc1[se]c2ccccc2[n+]1CCCCS(=O)(=O)O)C=C1[Se]c2ccccc2N1CCCCS(=O)(=O)O. The minimum atomic E-state index is -3.96. The van der Waals surface area contributed by atoms with Crippen LogP contribution in [0.4, 0.5) is 5.69 Å². The van der Waals surface area contributed by atoms with Crippen molar-refractivity contribution in [2.45, 2.75) is 39.2 Å². The van der Waals surface area contributed by atoms with Gasteiger partial charge in [-0.15, -0.1) is 0 Å². The summed E-state index contributed by atoms with van der Waals surface area (Å²) in [6.07, 6.45) is 6.53.